The Labute approximate surface area is 123 Å². The molecule has 4 nitrogen and oxygen atoms in total. The molecule has 0 aromatic carbocycles. The largest absolute Gasteiger partial charge is 0.465 e. The number of rotatable bonds is 4. The van der Waals surface area contributed by atoms with Crippen LogP contribution in [0.2, 0.25) is 5.15 Å². The summed E-state index contributed by atoms with van der Waals surface area (Å²) in [6.45, 7) is 10.1. The zero-order valence-electron chi connectivity index (χ0n) is 11.9. The van der Waals surface area contributed by atoms with Gasteiger partial charge in [0, 0.05) is 11.0 Å². The Morgan fingerprint density at radius 2 is 2.00 bits per heavy atom. The minimum atomic E-state index is -0.251. The molecule has 0 amide bonds. The molecule has 1 aromatic heterocycles. The minimum absolute atomic E-state index is 0.184. The van der Waals surface area contributed by atoms with Crippen molar-refractivity contribution in [1.82, 2.24) is 9.97 Å². The summed E-state index contributed by atoms with van der Waals surface area (Å²) in [5, 5.41) is 1.17. The molecule has 6 heteroatoms. The van der Waals surface area contributed by atoms with Crippen molar-refractivity contribution in [2.24, 2.45) is 0 Å². The maximum Gasteiger partial charge on any atom is 0.316 e. The highest BCUT2D eigenvalue weighted by atomic mass is 35.5. The van der Waals surface area contributed by atoms with Gasteiger partial charge in [-0.05, 0) is 13.8 Å². The van der Waals surface area contributed by atoms with Gasteiger partial charge in [-0.2, -0.15) is 0 Å². The molecule has 0 atom stereocenters. The fourth-order valence-electron chi connectivity index (χ4n) is 1.28. The maximum atomic E-state index is 11.4. The number of ether oxygens (including phenoxy) is 1. The van der Waals surface area contributed by atoms with Crippen LogP contribution in [0.1, 0.15) is 39.1 Å². The average molecular weight is 303 g/mol. The molecule has 0 aliphatic rings. The fraction of sp³-hybridized carbons (Fsp3) is 0.615. The van der Waals surface area contributed by atoms with Crippen molar-refractivity contribution < 1.29 is 9.53 Å². The molecule has 0 fully saturated rings. The molecule has 1 rings (SSSR count). The van der Waals surface area contributed by atoms with Crippen molar-refractivity contribution in [1.29, 1.82) is 0 Å². The SMILES string of the molecule is CCOC(=O)CSc1nc(C(C)(C)C)nc(Cl)c1C. The molecule has 0 aliphatic carbocycles. The second-order valence-electron chi connectivity index (χ2n) is 5.11. The number of hydrogen-bond acceptors (Lipinski definition) is 5. The number of halogens is 1. The summed E-state index contributed by atoms with van der Waals surface area (Å²) in [5.74, 6) is 0.652. The predicted octanol–water partition coefficient (Wildman–Crippen LogP) is 3.39. The topological polar surface area (TPSA) is 52.1 Å². The van der Waals surface area contributed by atoms with Crippen LogP contribution in [0.15, 0.2) is 5.03 Å². The van der Waals surface area contributed by atoms with Crippen molar-refractivity contribution in [2.45, 2.75) is 45.1 Å². The van der Waals surface area contributed by atoms with Crippen LogP contribution in [-0.2, 0) is 14.9 Å². The van der Waals surface area contributed by atoms with Crippen LogP contribution < -0.4 is 0 Å². The van der Waals surface area contributed by atoms with Crippen LogP contribution in [-0.4, -0.2) is 28.3 Å². The second kappa shape index (κ2) is 6.57. The molecule has 0 unspecified atom stereocenters. The summed E-state index contributed by atoms with van der Waals surface area (Å²) in [4.78, 5) is 20.2. The van der Waals surface area contributed by atoms with Crippen molar-refractivity contribution in [3.63, 3.8) is 0 Å². The lowest BCUT2D eigenvalue weighted by Gasteiger charge is -2.18. The second-order valence-corrected chi connectivity index (χ2v) is 6.43. The monoisotopic (exact) mass is 302 g/mol. The van der Waals surface area contributed by atoms with Crippen LogP contribution in [0, 0.1) is 6.92 Å². The minimum Gasteiger partial charge on any atom is -0.465 e. The number of carbonyl (C=O) groups excluding carboxylic acids is 1. The first kappa shape index (κ1) is 16.2. The molecular formula is C13H19ClN2O2S. The number of aromatic nitrogens is 2. The Morgan fingerprint density at radius 1 is 1.37 bits per heavy atom. The molecule has 0 N–H and O–H groups in total. The van der Waals surface area contributed by atoms with Crippen LogP contribution in [0.3, 0.4) is 0 Å². The number of carbonyl (C=O) groups is 1. The Bertz CT molecular complexity index is 472. The molecule has 0 radical (unpaired) electrons. The number of nitrogens with zero attached hydrogens (tertiary/aromatic N) is 2. The summed E-state index contributed by atoms with van der Waals surface area (Å²) < 4.78 is 4.90. The smallest absolute Gasteiger partial charge is 0.316 e. The molecule has 106 valence electrons. The van der Waals surface area contributed by atoms with E-state index in [1.54, 1.807) is 6.92 Å². The lowest BCUT2D eigenvalue weighted by Crippen LogP contribution is -2.17. The molecule has 19 heavy (non-hydrogen) atoms. The Morgan fingerprint density at radius 3 is 2.53 bits per heavy atom. The highest BCUT2D eigenvalue weighted by Crippen LogP contribution is 2.28. The van der Waals surface area contributed by atoms with Gasteiger partial charge in [0.05, 0.1) is 12.4 Å². The zero-order chi connectivity index (χ0) is 14.6. The molecule has 1 aromatic rings. The fourth-order valence-corrected chi connectivity index (χ4v) is 2.30. The molecule has 0 spiro atoms. The lowest BCUT2D eigenvalue weighted by molar-refractivity contribution is -0.139. The highest BCUT2D eigenvalue weighted by Gasteiger charge is 2.21. The predicted molar refractivity (Wildman–Crippen MR) is 77.8 cm³/mol. The van der Waals surface area contributed by atoms with Crippen LogP contribution in [0.25, 0.3) is 0 Å². The molecule has 0 saturated carbocycles. The summed E-state index contributed by atoms with van der Waals surface area (Å²) in [6, 6.07) is 0. The first-order valence-electron chi connectivity index (χ1n) is 6.08. The highest BCUT2D eigenvalue weighted by molar-refractivity contribution is 7.99. The Kier molecular flexibility index (Phi) is 5.62. The lowest BCUT2D eigenvalue weighted by atomic mass is 9.96. The van der Waals surface area contributed by atoms with E-state index in [4.69, 9.17) is 16.3 Å². The number of hydrogen-bond donors (Lipinski definition) is 0. The van der Waals surface area contributed by atoms with Crippen molar-refractivity contribution in [3.05, 3.63) is 16.5 Å². The van der Waals surface area contributed by atoms with Gasteiger partial charge in [-0.3, -0.25) is 4.79 Å². The van der Waals surface area contributed by atoms with E-state index in [-0.39, 0.29) is 17.1 Å². The number of thioether (sulfide) groups is 1. The first-order chi connectivity index (χ1) is 8.75. The van der Waals surface area contributed by atoms with Gasteiger partial charge in [0.2, 0.25) is 0 Å². The van der Waals surface area contributed by atoms with Gasteiger partial charge in [-0.1, -0.05) is 44.1 Å². The maximum absolute atomic E-state index is 11.4. The standard InChI is InChI=1S/C13H19ClN2O2S/c1-6-18-9(17)7-19-11-8(2)10(14)15-12(16-11)13(3,4)5/h6-7H2,1-5H3. The van der Waals surface area contributed by atoms with Crippen LogP contribution in [0.4, 0.5) is 0 Å². The van der Waals surface area contributed by atoms with E-state index in [1.807, 2.05) is 27.7 Å². The van der Waals surface area contributed by atoms with Gasteiger partial charge in [0.25, 0.3) is 0 Å². The quantitative estimate of drug-likeness (QED) is 0.485. The molecular weight excluding hydrogens is 284 g/mol. The summed E-state index contributed by atoms with van der Waals surface area (Å²) >= 11 is 7.45. The van der Waals surface area contributed by atoms with Gasteiger partial charge in [0.15, 0.2) is 0 Å². The zero-order valence-corrected chi connectivity index (χ0v) is 13.5. The van der Waals surface area contributed by atoms with E-state index in [2.05, 4.69) is 9.97 Å². The molecule has 0 bridgehead atoms. The summed E-state index contributed by atoms with van der Waals surface area (Å²) in [5.41, 5.74) is 0.611. The van der Waals surface area contributed by atoms with Gasteiger partial charge in [-0.25, -0.2) is 9.97 Å². The van der Waals surface area contributed by atoms with Crippen LogP contribution in [0.5, 0.6) is 0 Å². The molecule has 1 heterocycles. The average Bonchev–Trinajstić information content (AvgIpc) is 2.30. The van der Waals surface area contributed by atoms with E-state index in [1.165, 1.54) is 11.8 Å². The van der Waals surface area contributed by atoms with Crippen molar-refractivity contribution in [2.75, 3.05) is 12.4 Å². The third-order valence-electron chi connectivity index (χ3n) is 2.34. The van der Waals surface area contributed by atoms with Crippen LogP contribution >= 0.6 is 23.4 Å². The van der Waals surface area contributed by atoms with Crippen molar-refractivity contribution in [3.8, 4) is 0 Å². The molecule has 0 saturated heterocycles. The van der Waals surface area contributed by atoms with Gasteiger partial charge < -0.3 is 4.74 Å². The van der Waals surface area contributed by atoms with E-state index in [9.17, 15) is 4.79 Å². The normalized spacial score (nSPS) is 11.5. The van der Waals surface area contributed by atoms with E-state index in [0.29, 0.717) is 17.6 Å². The first-order valence-corrected chi connectivity index (χ1v) is 7.45. The van der Waals surface area contributed by atoms with E-state index in [0.717, 1.165) is 10.6 Å². The Balaban J connectivity index is 2.94. The summed E-state index contributed by atoms with van der Waals surface area (Å²) in [6.07, 6.45) is 0. The van der Waals surface area contributed by atoms with E-state index >= 15 is 0 Å². The Hall–Kier alpha value is -0.810. The number of esters is 1. The van der Waals surface area contributed by atoms with Crippen molar-refractivity contribution >= 4 is 29.3 Å². The summed E-state index contributed by atoms with van der Waals surface area (Å²) in [7, 11) is 0. The third kappa shape index (κ3) is 4.66. The van der Waals surface area contributed by atoms with Gasteiger partial charge >= 0.3 is 5.97 Å². The van der Waals surface area contributed by atoms with E-state index < -0.39 is 0 Å². The molecule has 0 aliphatic heterocycles. The van der Waals surface area contributed by atoms with Gasteiger partial charge in [0.1, 0.15) is 16.0 Å². The third-order valence-corrected chi connectivity index (χ3v) is 3.76. The van der Waals surface area contributed by atoms with Gasteiger partial charge in [-0.15, -0.1) is 0 Å².